The van der Waals surface area contributed by atoms with Gasteiger partial charge in [0.2, 0.25) is 0 Å². The number of nitrogens with zero attached hydrogens (tertiary/aromatic N) is 2. The molecule has 2 aromatic rings. The fourth-order valence-corrected chi connectivity index (χ4v) is 2.20. The van der Waals surface area contributed by atoms with Gasteiger partial charge in [0.1, 0.15) is 10.7 Å². The van der Waals surface area contributed by atoms with Crippen LogP contribution in [0.1, 0.15) is 20.9 Å². The van der Waals surface area contributed by atoms with Crippen molar-refractivity contribution >= 4 is 28.9 Å². The van der Waals surface area contributed by atoms with Crippen molar-refractivity contribution in [3.8, 4) is 0 Å². The van der Waals surface area contributed by atoms with Crippen molar-refractivity contribution in [3.63, 3.8) is 0 Å². The Bertz CT molecular complexity index is 570. The van der Waals surface area contributed by atoms with Gasteiger partial charge in [0.05, 0.1) is 10.7 Å². The second-order valence-corrected chi connectivity index (χ2v) is 4.70. The zero-order valence-corrected chi connectivity index (χ0v) is 10.5. The fourth-order valence-electron chi connectivity index (χ4n) is 1.40. The number of carbonyl (C=O) groups excluding carboxylic acids is 1. The molecule has 0 aliphatic heterocycles. The van der Waals surface area contributed by atoms with Gasteiger partial charge >= 0.3 is 0 Å². The smallest absolute Gasteiger partial charge is 0.180 e. The summed E-state index contributed by atoms with van der Waals surface area (Å²) in [6.07, 6.45) is 0.171. The van der Waals surface area contributed by atoms with E-state index in [9.17, 15) is 9.18 Å². The summed E-state index contributed by atoms with van der Waals surface area (Å²) in [5.74, 6) is -0.571. The Morgan fingerprint density at radius 1 is 1.53 bits per heavy atom. The molecule has 0 saturated heterocycles. The number of hydrogen-bond donors (Lipinski definition) is 0. The van der Waals surface area contributed by atoms with Crippen molar-refractivity contribution in [3.05, 3.63) is 45.2 Å². The molecule has 0 aliphatic rings. The average molecular weight is 271 g/mol. The van der Waals surface area contributed by atoms with E-state index in [4.69, 9.17) is 11.6 Å². The molecule has 3 nitrogen and oxygen atoms in total. The highest BCUT2D eigenvalue weighted by Gasteiger charge is 2.14. The molecular formula is C11H8ClFN2OS. The van der Waals surface area contributed by atoms with E-state index in [-0.39, 0.29) is 17.2 Å². The van der Waals surface area contributed by atoms with Crippen LogP contribution in [0, 0.1) is 12.7 Å². The predicted molar refractivity (Wildman–Crippen MR) is 64.1 cm³/mol. The summed E-state index contributed by atoms with van der Waals surface area (Å²) in [4.78, 5) is 12.4. The highest BCUT2D eigenvalue weighted by atomic mass is 35.5. The van der Waals surface area contributed by atoms with E-state index in [1.54, 1.807) is 13.0 Å². The minimum atomic E-state index is -0.487. The zero-order valence-electron chi connectivity index (χ0n) is 8.91. The minimum Gasteiger partial charge on any atom is -0.293 e. The maximum Gasteiger partial charge on any atom is 0.180 e. The fraction of sp³-hybridized carbons (Fsp3) is 0.182. The first-order chi connectivity index (χ1) is 8.08. The Hall–Kier alpha value is -1.33. The maximum atomic E-state index is 12.9. The maximum absolute atomic E-state index is 12.9. The van der Waals surface area contributed by atoms with Gasteiger partial charge in [0.25, 0.3) is 0 Å². The number of aryl methyl sites for hydroxylation is 1. The summed E-state index contributed by atoms with van der Waals surface area (Å²) < 4.78 is 16.6. The number of ketones is 1. The molecular weight excluding hydrogens is 263 g/mol. The van der Waals surface area contributed by atoms with Gasteiger partial charge in [-0.1, -0.05) is 22.2 Å². The number of rotatable bonds is 3. The van der Waals surface area contributed by atoms with Gasteiger partial charge in [-0.15, -0.1) is 5.10 Å². The Morgan fingerprint density at radius 2 is 2.29 bits per heavy atom. The zero-order chi connectivity index (χ0) is 12.4. The van der Waals surface area contributed by atoms with Crippen LogP contribution in [-0.2, 0) is 6.42 Å². The van der Waals surface area contributed by atoms with Gasteiger partial charge in [-0.05, 0) is 36.2 Å². The van der Waals surface area contributed by atoms with Crippen molar-refractivity contribution < 1.29 is 9.18 Å². The number of carbonyl (C=O) groups is 1. The Kier molecular flexibility index (Phi) is 3.49. The van der Waals surface area contributed by atoms with E-state index >= 15 is 0 Å². The van der Waals surface area contributed by atoms with Gasteiger partial charge in [0.15, 0.2) is 5.78 Å². The lowest BCUT2D eigenvalue weighted by Crippen LogP contribution is -2.03. The van der Waals surface area contributed by atoms with Gasteiger partial charge in [0, 0.05) is 6.42 Å². The summed E-state index contributed by atoms with van der Waals surface area (Å²) in [6, 6.07) is 4.25. The molecule has 0 radical (unpaired) electrons. The molecule has 0 fully saturated rings. The molecule has 6 heteroatoms. The Balaban J connectivity index is 2.19. The van der Waals surface area contributed by atoms with Gasteiger partial charge < -0.3 is 0 Å². The molecule has 17 heavy (non-hydrogen) atoms. The second-order valence-electron chi connectivity index (χ2n) is 3.54. The summed E-state index contributed by atoms with van der Waals surface area (Å²) >= 11 is 6.71. The van der Waals surface area contributed by atoms with Crippen LogP contribution in [0.15, 0.2) is 18.2 Å². The molecule has 0 atom stereocenters. The third kappa shape index (κ3) is 2.68. The lowest BCUT2D eigenvalue weighted by molar-refractivity contribution is 0.0996. The van der Waals surface area contributed by atoms with E-state index in [2.05, 4.69) is 9.59 Å². The predicted octanol–water partition coefficient (Wildman–Crippen LogP) is 3.06. The summed E-state index contributed by atoms with van der Waals surface area (Å²) in [5.41, 5.74) is 1.29. The van der Waals surface area contributed by atoms with Crippen LogP contribution in [0.4, 0.5) is 4.39 Å². The van der Waals surface area contributed by atoms with E-state index in [0.29, 0.717) is 16.1 Å². The lowest BCUT2D eigenvalue weighted by atomic mass is 10.1. The molecule has 0 saturated carbocycles. The Labute approximate surface area is 106 Å². The molecule has 0 amide bonds. The first-order valence-corrected chi connectivity index (χ1v) is 5.99. The van der Waals surface area contributed by atoms with Crippen molar-refractivity contribution in [2.45, 2.75) is 13.3 Å². The number of Topliss-reactive ketones (excluding diaryl/α,β-unsaturated/α-hetero) is 1. The van der Waals surface area contributed by atoms with Crippen molar-refractivity contribution in [1.82, 2.24) is 9.59 Å². The van der Waals surface area contributed by atoms with Gasteiger partial charge in [-0.25, -0.2) is 4.39 Å². The highest BCUT2D eigenvalue weighted by molar-refractivity contribution is 7.08. The van der Waals surface area contributed by atoms with Crippen molar-refractivity contribution in [1.29, 1.82) is 0 Å². The minimum absolute atomic E-state index is 0.0226. The summed E-state index contributed by atoms with van der Waals surface area (Å²) in [6.45, 7) is 1.73. The molecule has 0 N–H and O–H groups in total. The van der Waals surface area contributed by atoms with Gasteiger partial charge in [-0.3, -0.25) is 4.79 Å². The summed E-state index contributed by atoms with van der Waals surface area (Å²) in [7, 11) is 0. The monoisotopic (exact) mass is 270 g/mol. The van der Waals surface area contributed by atoms with E-state index in [1.807, 2.05) is 0 Å². The van der Waals surface area contributed by atoms with Crippen LogP contribution in [0.2, 0.25) is 5.02 Å². The largest absolute Gasteiger partial charge is 0.293 e. The van der Waals surface area contributed by atoms with Gasteiger partial charge in [-0.2, -0.15) is 0 Å². The lowest BCUT2D eigenvalue weighted by Gasteiger charge is -2.01. The SMILES string of the molecule is Cc1nnsc1C(=O)Cc1ccc(F)c(Cl)c1. The van der Waals surface area contributed by atoms with Crippen LogP contribution < -0.4 is 0 Å². The molecule has 0 bridgehead atoms. The quantitative estimate of drug-likeness (QED) is 0.805. The average Bonchev–Trinajstić information content (AvgIpc) is 2.70. The molecule has 1 aromatic carbocycles. The third-order valence-electron chi connectivity index (χ3n) is 2.25. The molecule has 1 heterocycles. The molecule has 2 rings (SSSR count). The number of benzene rings is 1. The van der Waals surface area contributed by atoms with Crippen LogP contribution in [-0.4, -0.2) is 15.4 Å². The number of hydrogen-bond acceptors (Lipinski definition) is 4. The van der Waals surface area contributed by atoms with Crippen molar-refractivity contribution in [2.75, 3.05) is 0 Å². The molecule has 0 unspecified atom stereocenters. The first kappa shape index (κ1) is 12.1. The molecule has 1 aromatic heterocycles. The normalized spacial score (nSPS) is 10.5. The molecule has 0 aliphatic carbocycles. The molecule has 88 valence electrons. The topological polar surface area (TPSA) is 42.9 Å². The van der Waals surface area contributed by atoms with E-state index in [1.165, 1.54) is 12.1 Å². The van der Waals surface area contributed by atoms with Crippen LogP contribution in [0.25, 0.3) is 0 Å². The number of halogens is 2. The van der Waals surface area contributed by atoms with Crippen molar-refractivity contribution in [2.24, 2.45) is 0 Å². The first-order valence-electron chi connectivity index (χ1n) is 4.84. The summed E-state index contributed by atoms with van der Waals surface area (Å²) in [5, 5.41) is 3.80. The highest BCUT2D eigenvalue weighted by Crippen LogP contribution is 2.18. The second kappa shape index (κ2) is 4.89. The van der Waals surface area contributed by atoms with Crippen LogP contribution in [0.3, 0.4) is 0 Å². The Morgan fingerprint density at radius 3 is 2.88 bits per heavy atom. The molecule has 0 spiro atoms. The van der Waals surface area contributed by atoms with Crippen LogP contribution >= 0.6 is 23.1 Å². The third-order valence-corrected chi connectivity index (χ3v) is 3.41. The number of aromatic nitrogens is 2. The van der Waals surface area contributed by atoms with E-state index in [0.717, 1.165) is 11.5 Å². The van der Waals surface area contributed by atoms with E-state index < -0.39 is 5.82 Å². The van der Waals surface area contributed by atoms with Crippen LogP contribution in [0.5, 0.6) is 0 Å². The standard InChI is InChI=1S/C11H8ClFN2OS/c1-6-11(17-15-14-6)10(16)5-7-2-3-9(13)8(12)4-7/h2-4H,5H2,1H3.